The number of aryl methyl sites for hydroxylation is 1. The Morgan fingerprint density at radius 3 is 2.38 bits per heavy atom. The zero-order chi connectivity index (χ0) is 21.3. The number of rotatable bonds is 6. The molecule has 0 aliphatic rings. The van der Waals surface area contributed by atoms with Crippen molar-refractivity contribution in [2.45, 2.75) is 33.7 Å². The lowest BCUT2D eigenvalue weighted by Crippen LogP contribution is -2.13. The first-order valence-corrected chi connectivity index (χ1v) is 9.39. The number of aromatic nitrogens is 1. The molecule has 3 aromatic rings. The molecule has 1 amide bonds. The van der Waals surface area contributed by atoms with Gasteiger partial charge in [0, 0.05) is 23.5 Å². The number of carbonyl (C=O) groups excluding carboxylic acids is 1. The van der Waals surface area contributed by atoms with Crippen LogP contribution >= 0.6 is 0 Å². The molecule has 0 unspecified atom stereocenters. The van der Waals surface area contributed by atoms with E-state index in [1.807, 2.05) is 43.5 Å². The van der Waals surface area contributed by atoms with Crippen LogP contribution in [0.25, 0.3) is 11.1 Å². The molecule has 3 rings (SSSR count). The molecule has 0 spiro atoms. The van der Waals surface area contributed by atoms with Crippen molar-refractivity contribution >= 4 is 5.91 Å². The van der Waals surface area contributed by atoms with Gasteiger partial charge in [0.15, 0.2) is 11.6 Å². The highest BCUT2D eigenvalue weighted by molar-refractivity contribution is 6.02. The molecule has 0 saturated heterocycles. The second-order valence-corrected chi connectivity index (χ2v) is 7.02. The van der Waals surface area contributed by atoms with Crippen molar-refractivity contribution in [2.24, 2.45) is 5.73 Å². The third-order valence-electron chi connectivity index (χ3n) is 5.22. The summed E-state index contributed by atoms with van der Waals surface area (Å²) in [7, 11) is 1.61. The summed E-state index contributed by atoms with van der Waals surface area (Å²) >= 11 is 0. The van der Waals surface area contributed by atoms with Gasteiger partial charge >= 0.3 is 0 Å². The maximum atomic E-state index is 13.7. The van der Waals surface area contributed by atoms with Gasteiger partial charge in [-0.2, -0.15) is 0 Å². The summed E-state index contributed by atoms with van der Waals surface area (Å²) < 4.78 is 34.3. The number of nitrogens with two attached hydrogens (primary N) is 1. The molecule has 2 aromatic carbocycles. The van der Waals surface area contributed by atoms with Gasteiger partial charge in [-0.15, -0.1) is 0 Å². The monoisotopic (exact) mass is 398 g/mol. The van der Waals surface area contributed by atoms with Crippen LogP contribution in [0.5, 0.6) is 5.75 Å². The van der Waals surface area contributed by atoms with Gasteiger partial charge in [-0.3, -0.25) is 4.79 Å². The van der Waals surface area contributed by atoms with E-state index in [0.717, 1.165) is 34.2 Å². The number of methoxy groups -OCH3 is 1. The second-order valence-electron chi connectivity index (χ2n) is 7.02. The molecule has 0 radical (unpaired) electrons. The summed E-state index contributed by atoms with van der Waals surface area (Å²) in [6.45, 7) is 6.05. The van der Waals surface area contributed by atoms with Gasteiger partial charge in [0.1, 0.15) is 5.75 Å². The number of primary amides is 1. The predicted molar refractivity (Wildman–Crippen MR) is 109 cm³/mol. The summed E-state index contributed by atoms with van der Waals surface area (Å²) in [5.74, 6) is -1.55. The van der Waals surface area contributed by atoms with Crippen molar-refractivity contribution in [1.29, 1.82) is 0 Å². The fourth-order valence-corrected chi connectivity index (χ4v) is 3.85. The fraction of sp³-hybridized carbons (Fsp3) is 0.261. The van der Waals surface area contributed by atoms with Crippen LogP contribution in [0.15, 0.2) is 36.4 Å². The van der Waals surface area contributed by atoms with E-state index in [4.69, 9.17) is 10.5 Å². The zero-order valence-corrected chi connectivity index (χ0v) is 17.0. The lowest BCUT2D eigenvalue weighted by atomic mass is 9.97. The molecule has 6 heteroatoms. The largest absolute Gasteiger partial charge is 0.496 e. The maximum absolute atomic E-state index is 13.7. The number of carbonyl (C=O) groups is 1. The molecule has 152 valence electrons. The molecular weight excluding hydrogens is 374 g/mol. The Balaban J connectivity index is 2.21. The lowest BCUT2D eigenvalue weighted by Gasteiger charge is -2.13. The minimum atomic E-state index is -0.897. The fourth-order valence-electron chi connectivity index (χ4n) is 3.85. The molecule has 29 heavy (non-hydrogen) atoms. The number of ether oxygens (including phenoxy) is 1. The molecule has 4 nitrogen and oxygen atoms in total. The first-order valence-electron chi connectivity index (χ1n) is 9.39. The zero-order valence-electron chi connectivity index (χ0n) is 17.0. The standard InChI is InChI=1S/C23H24F2N2O2/c1-5-19-22(16-7-9-20(29-4)13(2)10-16)21(23(26)28)14(3)27(19)12-15-6-8-17(24)18(25)11-15/h6-11H,5,12H2,1-4H3,(H2,26,28). The first-order chi connectivity index (χ1) is 13.8. The van der Waals surface area contributed by atoms with Crippen LogP contribution in [0.4, 0.5) is 8.78 Å². The van der Waals surface area contributed by atoms with Crippen molar-refractivity contribution in [3.05, 3.63) is 76.1 Å². The molecule has 0 aliphatic heterocycles. The Morgan fingerprint density at radius 2 is 1.83 bits per heavy atom. The number of amides is 1. The van der Waals surface area contributed by atoms with Crippen LogP contribution in [-0.2, 0) is 13.0 Å². The van der Waals surface area contributed by atoms with E-state index in [0.29, 0.717) is 29.8 Å². The molecule has 0 atom stereocenters. The molecule has 0 fully saturated rings. The maximum Gasteiger partial charge on any atom is 0.251 e. The summed E-state index contributed by atoms with van der Waals surface area (Å²) in [4.78, 5) is 12.3. The number of hydrogen-bond donors (Lipinski definition) is 1. The number of halogens is 2. The van der Waals surface area contributed by atoms with E-state index in [9.17, 15) is 13.6 Å². The Morgan fingerprint density at radius 1 is 1.10 bits per heavy atom. The summed E-state index contributed by atoms with van der Waals surface area (Å²) in [5, 5.41) is 0. The molecule has 1 aromatic heterocycles. The minimum Gasteiger partial charge on any atom is -0.496 e. The topological polar surface area (TPSA) is 57.2 Å². The van der Waals surface area contributed by atoms with Gasteiger partial charge in [-0.05, 0) is 61.2 Å². The third kappa shape index (κ3) is 3.75. The number of hydrogen-bond acceptors (Lipinski definition) is 2. The summed E-state index contributed by atoms with van der Waals surface area (Å²) in [6.07, 6.45) is 0.637. The molecule has 2 N–H and O–H groups in total. The van der Waals surface area contributed by atoms with Crippen molar-refractivity contribution in [3.63, 3.8) is 0 Å². The predicted octanol–water partition coefficient (Wildman–Crippen LogP) is 4.77. The quantitative estimate of drug-likeness (QED) is 0.650. The van der Waals surface area contributed by atoms with Crippen LogP contribution in [0.2, 0.25) is 0 Å². The van der Waals surface area contributed by atoms with E-state index >= 15 is 0 Å². The third-order valence-corrected chi connectivity index (χ3v) is 5.22. The second kappa shape index (κ2) is 8.07. The Hall–Kier alpha value is -3.15. The van der Waals surface area contributed by atoms with Crippen LogP contribution in [0.1, 0.15) is 39.8 Å². The molecule has 1 heterocycles. The summed E-state index contributed by atoms with van der Waals surface area (Å²) in [6, 6.07) is 9.54. The van der Waals surface area contributed by atoms with Crippen molar-refractivity contribution in [1.82, 2.24) is 4.57 Å². The highest BCUT2D eigenvalue weighted by Gasteiger charge is 2.24. The Labute approximate surface area is 168 Å². The van der Waals surface area contributed by atoms with E-state index in [1.54, 1.807) is 13.2 Å². The van der Waals surface area contributed by atoms with Crippen LogP contribution in [-0.4, -0.2) is 17.6 Å². The van der Waals surface area contributed by atoms with Crippen LogP contribution in [0, 0.1) is 25.5 Å². The summed E-state index contributed by atoms with van der Waals surface area (Å²) in [5.41, 5.74) is 11.0. The molecule has 0 saturated carbocycles. The smallest absolute Gasteiger partial charge is 0.251 e. The first kappa shape index (κ1) is 20.6. The highest BCUT2D eigenvalue weighted by Crippen LogP contribution is 2.35. The minimum absolute atomic E-state index is 0.307. The normalized spacial score (nSPS) is 11.0. The average molecular weight is 398 g/mol. The molecule has 0 bridgehead atoms. The highest BCUT2D eigenvalue weighted by atomic mass is 19.2. The Bertz CT molecular complexity index is 1090. The number of nitrogens with zero attached hydrogens (tertiary/aromatic N) is 1. The van der Waals surface area contributed by atoms with Gasteiger partial charge in [0.05, 0.1) is 12.7 Å². The molecular formula is C23H24F2N2O2. The van der Waals surface area contributed by atoms with E-state index in [-0.39, 0.29) is 0 Å². The van der Waals surface area contributed by atoms with Crippen molar-refractivity contribution in [2.75, 3.05) is 7.11 Å². The SMILES string of the molecule is CCc1c(-c2ccc(OC)c(C)c2)c(C(N)=O)c(C)n1Cc1ccc(F)c(F)c1. The van der Waals surface area contributed by atoms with E-state index in [1.165, 1.54) is 6.07 Å². The van der Waals surface area contributed by atoms with Gasteiger partial charge in [-0.1, -0.05) is 19.1 Å². The van der Waals surface area contributed by atoms with Gasteiger partial charge < -0.3 is 15.0 Å². The van der Waals surface area contributed by atoms with Crippen LogP contribution in [0.3, 0.4) is 0 Å². The van der Waals surface area contributed by atoms with E-state index in [2.05, 4.69) is 0 Å². The van der Waals surface area contributed by atoms with Gasteiger partial charge in [0.2, 0.25) is 0 Å². The van der Waals surface area contributed by atoms with Gasteiger partial charge in [-0.25, -0.2) is 8.78 Å². The van der Waals surface area contributed by atoms with Gasteiger partial charge in [0.25, 0.3) is 5.91 Å². The van der Waals surface area contributed by atoms with Crippen molar-refractivity contribution in [3.8, 4) is 16.9 Å². The lowest BCUT2D eigenvalue weighted by molar-refractivity contribution is 0.1000. The molecule has 0 aliphatic carbocycles. The van der Waals surface area contributed by atoms with Crippen LogP contribution < -0.4 is 10.5 Å². The van der Waals surface area contributed by atoms with E-state index < -0.39 is 17.5 Å². The Kier molecular flexibility index (Phi) is 5.73. The number of benzene rings is 2. The van der Waals surface area contributed by atoms with Crippen molar-refractivity contribution < 1.29 is 18.3 Å². The average Bonchev–Trinajstić information content (AvgIpc) is 2.96.